The molecule has 0 radical (unpaired) electrons. The van der Waals surface area contributed by atoms with Gasteiger partial charge in [-0.15, -0.1) is 0 Å². The third kappa shape index (κ3) is 2.68. The van der Waals surface area contributed by atoms with E-state index in [2.05, 4.69) is 26.1 Å². The van der Waals surface area contributed by atoms with Gasteiger partial charge in [0.15, 0.2) is 0 Å². The second-order valence-corrected chi connectivity index (χ2v) is 6.63. The molecule has 2 unspecified atom stereocenters. The van der Waals surface area contributed by atoms with Crippen LogP contribution in [-0.2, 0) is 4.74 Å². The molecule has 0 aromatic rings. The van der Waals surface area contributed by atoms with Crippen LogP contribution in [-0.4, -0.2) is 25.3 Å². The maximum atomic E-state index is 5.52. The molecule has 2 heteroatoms. The molecular formula is C15H29NO. The van der Waals surface area contributed by atoms with Crippen LogP contribution in [0.4, 0.5) is 0 Å². The fraction of sp³-hybridized carbons (Fsp3) is 1.00. The van der Waals surface area contributed by atoms with Gasteiger partial charge in [0, 0.05) is 24.6 Å². The number of hydrogen-bond donors (Lipinski definition) is 1. The monoisotopic (exact) mass is 239 g/mol. The molecule has 2 nitrogen and oxygen atoms in total. The van der Waals surface area contributed by atoms with E-state index in [9.17, 15) is 0 Å². The van der Waals surface area contributed by atoms with E-state index in [0.29, 0.717) is 17.6 Å². The van der Waals surface area contributed by atoms with Crippen LogP contribution >= 0.6 is 0 Å². The predicted molar refractivity (Wildman–Crippen MR) is 72.2 cm³/mol. The number of rotatable bonds is 4. The first-order valence-corrected chi connectivity index (χ1v) is 7.36. The highest BCUT2D eigenvalue weighted by molar-refractivity contribution is 5.03. The highest BCUT2D eigenvalue weighted by Gasteiger charge is 2.48. The number of ether oxygens (including phenoxy) is 1. The zero-order chi connectivity index (χ0) is 12.5. The van der Waals surface area contributed by atoms with Crippen molar-refractivity contribution in [1.82, 2.24) is 5.32 Å². The summed E-state index contributed by atoms with van der Waals surface area (Å²) >= 11 is 0. The SMILES string of the molecule is CCC1CCC(NC2CC(OC)C2(C)C)CC1. The molecule has 0 heterocycles. The van der Waals surface area contributed by atoms with Crippen molar-refractivity contribution in [1.29, 1.82) is 0 Å². The van der Waals surface area contributed by atoms with Crippen molar-refractivity contribution in [2.75, 3.05) is 7.11 Å². The van der Waals surface area contributed by atoms with E-state index in [1.165, 1.54) is 38.5 Å². The van der Waals surface area contributed by atoms with Crippen LogP contribution in [0.2, 0.25) is 0 Å². The molecule has 2 atom stereocenters. The summed E-state index contributed by atoms with van der Waals surface area (Å²) in [6, 6.07) is 1.43. The van der Waals surface area contributed by atoms with Crippen molar-refractivity contribution >= 4 is 0 Å². The molecule has 0 aromatic carbocycles. The molecule has 0 aromatic heterocycles. The van der Waals surface area contributed by atoms with Crippen LogP contribution in [0.25, 0.3) is 0 Å². The van der Waals surface area contributed by atoms with Gasteiger partial charge in [-0.3, -0.25) is 0 Å². The number of nitrogens with one attached hydrogen (secondary N) is 1. The molecule has 17 heavy (non-hydrogen) atoms. The maximum Gasteiger partial charge on any atom is 0.0652 e. The highest BCUT2D eigenvalue weighted by atomic mass is 16.5. The van der Waals surface area contributed by atoms with E-state index in [0.717, 1.165) is 12.0 Å². The van der Waals surface area contributed by atoms with E-state index in [-0.39, 0.29) is 0 Å². The molecule has 100 valence electrons. The zero-order valence-electron chi connectivity index (χ0n) is 12.0. The Balaban J connectivity index is 1.76. The minimum absolute atomic E-state index is 0.316. The molecule has 0 spiro atoms. The quantitative estimate of drug-likeness (QED) is 0.812. The van der Waals surface area contributed by atoms with Crippen molar-refractivity contribution in [2.24, 2.45) is 11.3 Å². The second kappa shape index (κ2) is 5.27. The lowest BCUT2D eigenvalue weighted by Crippen LogP contribution is -2.62. The summed E-state index contributed by atoms with van der Waals surface area (Å²) in [7, 11) is 1.84. The largest absolute Gasteiger partial charge is 0.381 e. The molecule has 2 fully saturated rings. The van der Waals surface area contributed by atoms with Gasteiger partial charge in [0.05, 0.1) is 6.10 Å². The van der Waals surface area contributed by atoms with Crippen LogP contribution in [0.3, 0.4) is 0 Å². The molecule has 2 saturated carbocycles. The maximum absolute atomic E-state index is 5.52. The molecule has 0 bridgehead atoms. The van der Waals surface area contributed by atoms with Gasteiger partial charge in [0.25, 0.3) is 0 Å². The summed E-state index contributed by atoms with van der Waals surface area (Å²) in [5.74, 6) is 0.995. The van der Waals surface area contributed by atoms with Crippen molar-refractivity contribution in [3.8, 4) is 0 Å². The molecule has 2 aliphatic rings. The summed E-state index contributed by atoms with van der Waals surface area (Å²) in [6.45, 7) is 7.00. The van der Waals surface area contributed by atoms with Crippen molar-refractivity contribution in [3.63, 3.8) is 0 Å². The van der Waals surface area contributed by atoms with E-state index in [1.807, 2.05) is 7.11 Å². The average Bonchev–Trinajstić information content (AvgIpc) is 2.34. The van der Waals surface area contributed by atoms with Gasteiger partial charge in [-0.1, -0.05) is 27.2 Å². The second-order valence-electron chi connectivity index (χ2n) is 6.63. The Kier molecular flexibility index (Phi) is 4.14. The summed E-state index contributed by atoms with van der Waals surface area (Å²) in [5.41, 5.74) is 0.316. The Labute approximate surface area is 107 Å². The first-order chi connectivity index (χ1) is 8.07. The van der Waals surface area contributed by atoms with Gasteiger partial charge in [0.1, 0.15) is 0 Å². The lowest BCUT2D eigenvalue weighted by atomic mass is 9.64. The fourth-order valence-electron chi connectivity index (χ4n) is 3.59. The van der Waals surface area contributed by atoms with E-state index in [1.54, 1.807) is 0 Å². The van der Waals surface area contributed by atoms with E-state index in [4.69, 9.17) is 4.74 Å². The summed E-state index contributed by atoms with van der Waals surface area (Å²) in [6.07, 6.45) is 8.62. The Morgan fingerprint density at radius 3 is 2.29 bits per heavy atom. The van der Waals surface area contributed by atoms with Crippen LogP contribution in [0.1, 0.15) is 59.3 Å². The minimum Gasteiger partial charge on any atom is -0.381 e. The van der Waals surface area contributed by atoms with Crippen molar-refractivity contribution < 1.29 is 4.74 Å². The van der Waals surface area contributed by atoms with Gasteiger partial charge < -0.3 is 10.1 Å². The zero-order valence-corrected chi connectivity index (χ0v) is 12.0. The summed E-state index contributed by atoms with van der Waals surface area (Å²) < 4.78 is 5.52. The normalized spacial score (nSPS) is 40.9. The summed E-state index contributed by atoms with van der Waals surface area (Å²) in [5, 5.41) is 3.87. The van der Waals surface area contributed by atoms with Gasteiger partial charge in [0.2, 0.25) is 0 Å². The van der Waals surface area contributed by atoms with Crippen LogP contribution in [0.5, 0.6) is 0 Å². The molecule has 0 aliphatic heterocycles. The Hall–Kier alpha value is -0.0800. The average molecular weight is 239 g/mol. The third-order valence-corrected chi connectivity index (χ3v) is 5.32. The van der Waals surface area contributed by atoms with Crippen molar-refractivity contribution in [2.45, 2.75) is 77.5 Å². The van der Waals surface area contributed by atoms with Crippen LogP contribution in [0, 0.1) is 11.3 Å². The van der Waals surface area contributed by atoms with Gasteiger partial charge in [-0.25, -0.2) is 0 Å². The Morgan fingerprint density at radius 1 is 1.18 bits per heavy atom. The van der Waals surface area contributed by atoms with Crippen molar-refractivity contribution in [3.05, 3.63) is 0 Å². The Morgan fingerprint density at radius 2 is 1.82 bits per heavy atom. The molecule has 2 aliphatic carbocycles. The smallest absolute Gasteiger partial charge is 0.0652 e. The van der Waals surface area contributed by atoms with Gasteiger partial charge in [-0.05, 0) is 38.0 Å². The fourth-order valence-corrected chi connectivity index (χ4v) is 3.59. The molecule has 0 amide bonds. The summed E-state index contributed by atoms with van der Waals surface area (Å²) in [4.78, 5) is 0. The Bertz CT molecular complexity index is 243. The lowest BCUT2D eigenvalue weighted by Gasteiger charge is -2.53. The lowest BCUT2D eigenvalue weighted by molar-refractivity contribution is -0.101. The topological polar surface area (TPSA) is 21.3 Å². The highest BCUT2D eigenvalue weighted by Crippen LogP contribution is 2.43. The van der Waals surface area contributed by atoms with Gasteiger partial charge in [-0.2, -0.15) is 0 Å². The molecule has 0 saturated heterocycles. The van der Waals surface area contributed by atoms with Crippen LogP contribution in [0.15, 0.2) is 0 Å². The number of hydrogen-bond acceptors (Lipinski definition) is 2. The van der Waals surface area contributed by atoms with E-state index >= 15 is 0 Å². The number of methoxy groups -OCH3 is 1. The first-order valence-electron chi connectivity index (χ1n) is 7.36. The predicted octanol–water partition coefficient (Wildman–Crippen LogP) is 3.36. The molecule has 2 rings (SSSR count). The third-order valence-electron chi connectivity index (χ3n) is 5.32. The van der Waals surface area contributed by atoms with Crippen LogP contribution < -0.4 is 5.32 Å². The standard InChI is InChI=1S/C15H29NO/c1-5-11-6-8-12(9-7-11)16-13-10-14(17-4)15(13,2)3/h11-14,16H,5-10H2,1-4H3. The van der Waals surface area contributed by atoms with E-state index < -0.39 is 0 Å². The van der Waals surface area contributed by atoms with Gasteiger partial charge >= 0.3 is 0 Å². The minimum atomic E-state index is 0.316. The first kappa shape index (κ1) is 13.4. The molecular weight excluding hydrogens is 210 g/mol. The molecule has 1 N–H and O–H groups in total.